The number of para-hydroxylation sites is 1. The van der Waals surface area contributed by atoms with E-state index in [-0.39, 0.29) is 30.9 Å². The maximum atomic E-state index is 12.4. The van der Waals surface area contributed by atoms with Crippen molar-refractivity contribution >= 4 is 17.6 Å². The van der Waals surface area contributed by atoms with E-state index < -0.39 is 0 Å². The maximum absolute atomic E-state index is 12.4. The normalized spacial score (nSPS) is 16.0. The van der Waals surface area contributed by atoms with Gasteiger partial charge in [0.25, 0.3) is 5.91 Å². The van der Waals surface area contributed by atoms with Gasteiger partial charge in [0.2, 0.25) is 0 Å². The Hall–Kier alpha value is -2.62. The summed E-state index contributed by atoms with van der Waals surface area (Å²) < 4.78 is 5.15. The fourth-order valence-corrected chi connectivity index (χ4v) is 2.97. The first-order chi connectivity index (χ1) is 11.1. The second-order valence-corrected chi connectivity index (χ2v) is 5.77. The molecule has 0 unspecified atom stereocenters. The van der Waals surface area contributed by atoms with Gasteiger partial charge in [-0.25, -0.2) is 0 Å². The lowest BCUT2D eigenvalue weighted by molar-refractivity contribution is -0.147. The van der Waals surface area contributed by atoms with Gasteiger partial charge in [-0.2, -0.15) is 0 Å². The second-order valence-electron chi connectivity index (χ2n) is 5.77. The monoisotopic (exact) mass is 309 g/mol. The van der Waals surface area contributed by atoms with Crippen molar-refractivity contribution in [2.75, 3.05) is 11.5 Å². The summed E-state index contributed by atoms with van der Waals surface area (Å²) in [4.78, 5) is 26.0. The summed E-state index contributed by atoms with van der Waals surface area (Å²) in [5, 5.41) is 0. The largest absolute Gasteiger partial charge is 0.455 e. The van der Waals surface area contributed by atoms with Gasteiger partial charge in [-0.15, -0.1) is 0 Å². The first kappa shape index (κ1) is 15.3. The molecule has 0 fully saturated rings. The molecule has 23 heavy (non-hydrogen) atoms. The van der Waals surface area contributed by atoms with Crippen molar-refractivity contribution in [2.45, 2.75) is 25.8 Å². The fourth-order valence-electron chi connectivity index (χ4n) is 2.97. The Morgan fingerprint density at radius 2 is 1.78 bits per heavy atom. The first-order valence-corrected chi connectivity index (χ1v) is 7.74. The number of benzene rings is 2. The minimum Gasteiger partial charge on any atom is -0.455 e. The van der Waals surface area contributed by atoms with Gasteiger partial charge in [0.15, 0.2) is 6.61 Å². The number of carbonyl (C=O) groups excluding carboxylic acids is 2. The summed E-state index contributed by atoms with van der Waals surface area (Å²) in [6, 6.07) is 17.3. The molecule has 0 bridgehead atoms. The number of hydrogen-bond acceptors (Lipinski definition) is 3. The standard InChI is InChI=1S/C19H19NO3/c1-14-11-16-9-5-6-10-17(16)20(14)18(21)13-23-19(22)12-15-7-3-2-4-8-15/h2-10,14H,11-13H2,1H3/t14-/m0/s1. The second kappa shape index (κ2) is 6.65. The highest BCUT2D eigenvalue weighted by Crippen LogP contribution is 2.31. The first-order valence-electron chi connectivity index (χ1n) is 7.74. The molecule has 1 aliphatic heterocycles. The van der Waals surface area contributed by atoms with Gasteiger partial charge in [0, 0.05) is 11.7 Å². The molecular weight excluding hydrogens is 290 g/mol. The number of esters is 1. The number of amides is 1. The quantitative estimate of drug-likeness (QED) is 0.816. The number of carbonyl (C=O) groups is 2. The lowest BCUT2D eigenvalue weighted by Crippen LogP contribution is -2.38. The van der Waals surface area contributed by atoms with Gasteiger partial charge in [-0.3, -0.25) is 9.59 Å². The van der Waals surface area contributed by atoms with E-state index in [1.807, 2.05) is 61.5 Å². The minimum absolute atomic E-state index is 0.0905. The highest BCUT2D eigenvalue weighted by molar-refractivity contribution is 5.97. The molecule has 118 valence electrons. The van der Waals surface area contributed by atoms with Crippen molar-refractivity contribution < 1.29 is 14.3 Å². The zero-order valence-electron chi connectivity index (χ0n) is 13.1. The average molecular weight is 309 g/mol. The maximum Gasteiger partial charge on any atom is 0.310 e. The zero-order chi connectivity index (χ0) is 16.2. The smallest absolute Gasteiger partial charge is 0.310 e. The number of fused-ring (bicyclic) bond motifs is 1. The average Bonchev–Trinajstić information content (AvgIpc) is 2.89. The molecule has 0 spiro atoms. The molecule has 4 heteroatoms. The molecule has 1 heterocycles. The van der Waals surface area contributed by atoms with Gasteiger partial charge in [-0.05, 0) is 30.5 Å². The third kappa shape index (κ3) is 3.42. The van der Waals surface area contributed by atoms with Crippen molar-refractivity contribution in [1.82, 2.24) is 0 Å². The minimum atomic E-state index is -0.385. The van der Waals surface area contributed by atoms with Gasteiger partial charge in [0.1, 0.15) is 0 Å². The van der Waals surface area contributed by atoms with Crippen LogP contribution >= 0.6 is 0 Å². The summed E-state index contributed by atoms with van der Waals surface area (Å²) in [6.45, 7) is 1.79. The number of nitrogens with zero attached hydrogens (tertiary/aromatic N) is 1. The predicted molar refractivity (Wildman–Crippen MR) is 88.2 cm³/mol. The molecule has 0 saturated heterocycles. The SMILES string of the molecule is C[C@H]1Cc2ccccc2N1C(=O)COC(=O)Cc1ccccc1. The van der Waals surface area contributed by atoms with Crippen LogP contribution in [0.15, 0.2) is 54.6 Å². The highest BCUT2D eigenvalue weighted by Gasteiger charge is 2.30. The van der Waals surface area contributed by atoms with E-state index in [1.54, 1.807) is 4.90 Å². The zero-order valence-corrected chi connectivity index (χ0v) is 13.1. The van der Waals surface area contributed by atoms with E-state index in [0.29, 0.717) is 0 Å². The van der Waals surface area contributed by atoms with E-state index in [0.717, 1.165) is 23.2 Å². The number of ether oxygens (including phenoxy) is 1. The number of rotatable bonds is 4. The summed E-state index contributed by atoms with van der Waals surface area (Å²) >= 11 is 0. The van der Waals surface area contributed by atoms with Crippen LogP contribution in [-0.2, 0) is 27.2 Å². The molecule has 1 aliphatic rings. The van der Waals surface area contributed by atoms with Crippen molar-refractivity contribution in [3.8, 4) is 0 Å². The van der Waals surface area contributed by atoms with Crippen LogP contribution in [-0.4, -0.2) is 24.5 Å². The lowest BCUT2D eigenvalue weighted by atomic mass is 10.1. The molecule has 2 aromatic rings. The van der Waals surface area contributed by atoms with Crippen molar-refractivity contribution in [3.63, 3.8) is 0 Å². The van der Waals surface area contributed by atoms with Crippen LogP contribution in [0.5, 0.6) is 0 Å². The van der Waals surface area contributed by atoms with Crippen LogP contribution in [0, 0.1) is 0 Å². The summed E-state index contributed by atoms with van der Waals surface area (Å²) in [5.41, 5.74) is 2.96. The van der Waals surface area contributed by atoms with Gasteiger partial charge >= 0.3 is 5.97 Å². The van der Waals surface area contributed by atoms with Crippen LogP contribution in [0.3, 0.4) is 0 Å². The number of anilines is 1. The fraction of sp³-hybridized carbons (Fsp3) is 0.263. The third-order valence-electron chi connectivity index (χ3n) is 4.02. The molecular formula is C19H19NO3. The van der Waals surface area contributed by atoms with Crippen molar-refractivity contribution in [1.29, 1.82) is 0 Å². The Morgan fingerprint density at radius 3 is 2.57 bits per heavy atom. The van der Waals surface area contributed by atoms with Crippen LogP contribution in [0.4, 0.5) is 5.69 Å². The Kier molecular flexibility index (Phi) is 4.42. The topological polar surface area (TPSA) is 46.6 Å². The molecule has 1 amide bonds. The number of hydrogen-bond donors (Lipinski definition) is 0. The van der Waals surface area contributed by atoms with E-state index >= 15 is 0 Å². The molecule has 0 N–H and O–H groups in total. The molecule has 1 atom stereocenters. The summed E-state index contributed by atoms with van der Waals surface area (Å²) in [5.74, 6) is -0.562. The summed E-state index contributed by atoms with van der Waals surface area (Å²) in [7, 11) is 0. The molecule has 0 saturated carbocycles. The predicted octanol–water partition coefficient (Wildman–Crippen LogP) is 2.75. The van der Waals surface area contributed by atoms with E-state index in [1.165, 1.54) is 0 Å². The molecule has 0 radical (unpaired) electrons. The lowest BCUT2D eigenvalue weighted by Gasteiger charge is -2.22. The van der Waals surface area contributed by atoms with Gasteiger partial charge < -0.3 is 9.64 Å². The van der Waals surface area contributed by atoms with E-state index in [2.05, 4.69) is 0 Å². The Morgan fingerprint density at radius 1 is 1.09 bits per heavy atom. The van der Waals surface area contributed by atoms with Gasteiger partial charge in [-0.1, -0.05) is 48.5 Å². The molecule has 2 aromatic carbocycles. The highest BCUT2D eigenvalue weighted by atomic mass is 16.5. The van der Waals surface area contributed by atoms with Crippen LogP contribution in [0.1, 0.15) is 18.1 Å². The Bertz CT molecular complexity index is 712. The van der Waals surface area contributed by atoms with Crippen molar-refractivity contribution in [3.05, 3.63) is 65.7 Å². The van der Waals surface area contributed by atoms with Gasteiger partial charge in [0.05, 0.1) is 6.42 Å². The molecule has 0 aliphatic carbocycles. The van der Waals surface area contributed by atoms with Crippen LogP contribution < -0.4 is 4.90 Å². The van der Waals surface area contributed by atoms with Crippen LogP contribution in [0.2, 0.25) is 0 Å². The Balaban J connectivity index is 1.58. The molecule has 4 nitrogen and oxygen atoms in total. The van der Waals surface area contributed by atoms with Crippen LogP contribution in [0.25, 0.3) is 0 Å². The third-order valence-corrected chi connectivity index (χ3v) is 4.02. The Labute approximate surface area is 135 Å². The van der Waals surface area contributed by atoms with E-state index in [9.17, 15) is 9.59 Å². The summed E-state index contributed by atoms with van der Waals surface area (Å²) in [6.07, 6.45) is 1.01. The molecule has 0 aromatic heterocycles. The van der Waals surface area contributed by atoms with Crippen molar-refractivity contribution in [2.24, 2.45) is 0 Å². The molecule has 3 rings (SSSR count). The van der Waals surface area contributed by atoms with E-state index in [4.69, 9.17) is 4.74 Å².